The Morgan fingerprint density at radius 3 is 2.64 bits per heavy atom. The van der Waals surface area contributed by atoms with Crippen molar-refractivity contribution >= 4 is 0 Å². The Balaban J connectivity index is 2.42. The van der Waals surface area contributed by atoms with Gasteiger partial charge in [0.05, 0.1) is 0 Å². The average molecular weight is 193 g/mol. The minimum atomic E-state index is 0.329. The molecule has 1 aromatic rings. The average Bonchev–Trinajstić information content (AvgIpc) is 2.62. The summed E-state index contributed by atoms with van der Waals surface area (Å²) in [7, 11) is 0. The van der Waals surface area contributed by atoms with Crippen LogP contribution in [0.1, 0.15) is 24.0 Å². The van der Waals surface area contributed by atoms with Crippen molar-refractivity contribution in [3.63, 3.8) is 0 Å². The number of fused-ring (bicyclic) bond motifs is 1. The van der Waals surface area contributed by atoms with E-state index < -0.39 is 0 Å². The molecule has 3 nitrogen and oxygen atoms in total. The second-order valence-corrected chi connectivity index (χ2v) is 3.70. The summed E-state index contributed by atoms with van der Waals surface area (Å²) in [6, 6.07) is 4.05. The fraction of sp³-hybridized carbons (Fsp3) is 0.455. The monoisotopic (exact) mass is 193 g/mol. The molecule has 0 saturated heterocycles. The molecule has 1 aliphatic rings. The first-order valence-electron chi connectivity index (χ1n) is 4.82. The van der Waals surface area contributed by atoms with Crippen LogP contribution in [-0.4, -0.2) is 13.3 Å². The molecule has 0 radical (unpaired) electrons. The summed E-state index contributed by atoms with van der Waals surface area (Å²) in [5, 5.41) is 0. The summed E-state index contributed by atoms with van der Waals surface area (Å²) >= 11 is 0. The molecule has 2 rings (SSSR count). The number of nitrogens with two attached hydrogens (primary N) is 1. The van der Waals surface area contributed by atoms with Crippen LogP contribution in [0.15, 0.2) is 12.1 Å². The molecule has 3 heteroatoms. The number of hydrogen-bond acceptors (Lipinski definition) is 3. The number of rotatable bonds is 2. The van der Waals surface area contributed by atoms with Crippen LogP contribution in [-0.2, 0) is 0 Å². The molecule has 1 aliphatic heterocycles. The Hall–Kier alpha value is -1.22. The van der Waals surface area contributed by atoms with Gasteiger partial charge in [0.15, 0.2) is 11.5 Å². The minimum Gasteiger partial charge on any atom is -0.454 e. The molecule has 0 bridgehead atoms. The van der Waals surface area contributed by atoms with E-state index >= 15 is 0 Å². The summed E-state index contributed by atoms with van der Waals surface area (Å²) in [5.74, 6) is 2.05. The van der Waals surface area contributed by atoms with Crippen molar-refractivity contribution in [1.29, 1.82) is 0 Å². The summed E-state index contributed by atoms with van der Waals surface area (Å²) < 4.78 is 10.6. The maximum absolute atomic E-state index is 5.65. The van der Waals surface area contributed by atoms with E-state index in [0.717, 1.165) is 11.5 Å². The molecule has 76 valence electrons. The molecule has 2 N–H and O–H groups in total. The van der Waals surface area contributed by atoms with Gasteiger partial charge in [0.2, 0.25) is 6.79 Å². The minimum absolute atomic E-state index is 0.329. The second-order valence-electron chi connectivity index (χ2n) is 3.70. The number of ether oxygens (including phenoxy) is 2. The highest BCUT2D eigenvalue weighted by atomic mass is 16.7. The van der Waals surface area contributed by atoms with E-state index in [2.05, 4.69) is 13.8 Å². The molecule has 0 spiro atoms. The normalized spacial score (nSPS) is 15.6. The third-order valence-electron chi connectivity index (χ3n) is 2.65. The van der Waals surface area contributed by atoms with Crippen molar-refractivity contribution in [3.05, 3.63) is 23.3 Å². The first-order chi connectivity index (χ1) is 6.72. The van der Waals surface area contributed by atoms with Crippen molar-refractivity contribution in [2.45, 2.75) is 19.8 Å². The van der Waals surface area contributed by atoms with Crippen molar-refractivity contribution < 1.29 is 9.47 Å². The lowest BCUT2D eigenvalue weighted by Crippen LogP contribution is -2.10. The van der Waals surface area contributed by atoms with Crippen molar-refractivity contribution in [2.75, 3.05) is 13.3 Å². The fourth-order valence-electron chi connectivity index (χ4n) is 1.72. The van der Waals surface area contributed by atoms with Crippen molar-refractivity contribution in [1.82, 2.24) is 0 Å². The fourth-order valence-corrected chi connectivity index (χ4v) is 1.72. The van der Waals surface area contributed by atoms with E-state index in [9.17, 15) is 0 Å². The highest BCUT2D eigenvalue weighted by Gasteiger charge is 2.17. The van der Waals surface area contributed by atoms with Gasteiger partial charge < -0.3 is 15.2 Å². The zero-order valence-corrected chi connectivity index (χ0v) is 8.54. The lowest BCUT2D eigenvalue weighted by Gasteiger charge is -2.12. The molecular formula is C11H15NO2. The molecular weight excluding hydrogens is 178 g/mol. The van der Waals surface area contributed by atoms with Gasteiger partial charge in [-0.3, -0.25) is 0 Å². The largest absolute Gasteiger partial charge is 0.454 e. The molecule has 0 aromatic heterocycles. The van der Waals surface area contributed by atoms with E-state index in [1.54, 1.807) is 0 Å². The van der Waals surface area contributed by atoms with Crippen LogP contribution in [0.3, 0.4) is 0 Å². The van der Waals surface area contributed by atoms with Crippen LogP contribution in [0.4, 0.5) is 0 Å². The van der Waals surface area contributed by atoms with Gasteiger partial charge in [0.1, 0.15) is 0 Å². The molecule has 1 unspecified atom stereocenters. The summed E-state index contributed by atoms with van der Waals surface area (Å²) in [6.45, 7) is 5.17. The Bertz CT molecular complexity index is 349. The van der Waals surface area contributed by atoms with Crippen molar-refractivity contribution in [3.8, 4) is 11.5 Å². The molecule has 0 saturated carbocycles. The Morgan fingerprint density at radius 2 is 2.00 bits per heavy atom. The van der Waals surface area contributed by atoms with E-state index in [1.807, 2.05) is 12.1 Å². The first kappa shape index (κ1) is 9.34. The predicted molar refractivity (Wildman–Crippen MR) is 54.8 cm³/mol. The van der Waals surface area contributed by atoms with Crippen LogP contribution in [0.25, 0.3) is 0 Å². The standard InChI is InChI=1S/C11H15NO2/c1-7-3-10-11(14-6-13-10)4-9(7)8(2)5-12/h3-4,8H,5-6,12H2,1-2H3. The van der Waals surface area contributed by atoms with Crippen LogP contribution in [0.5, 0.6) is 11.5 Å². The van der Waals surface area contributed by atoms with Gasteiger partial charge in [0, 0.05) is 0 Å². The zero-order valence-electron chi connectivity index (χ0n) is 8.54. The second kappa shape index (κ2) is 3.50. The van der Waals surface area contributed by atoms with Crippen molar-refractivity contribution in [2.24, 2.45) is 5.73 Å². The molecule has 1 atom stereocenters. The van der Waals surface area contributed by atoms with Crippen LogP contribution in [0, 0.1) is 6.92 Å². The SMILES string of the molecule is Cc1cc2c(cc1C(C)CN)OCO2. The van der Waals surface area contributed by atoms with Gasteiger partial charge in [-0.15, -0.1) is 0 Å². The smallest absolute Gasteiger partial charge is 0.231 e. The van der Waals surface area contributed by atoms with E-state index in [4.69, 9.17) is 15.2 Å². The topological polar surface area (TPSA) is 44.5 Å². The van der Waals surface area contributed by atoms with Gasteiger partial charge in [-0.1, -0.05) is 6.92 Å². The molecule has 0 amide bonds. The molecule has 1 heterocycles. The van der Waals surface area contributed by atoms with Crippen LogP contribution < -0.4 is 15.2 Å². The maximum Gasteiger partial charge on any atom is 0.231 e. The lowest BCUT2D eigenvalue weighted by atomic mass is 9.96. The quantitative estimate of drug-likeness (QED) is 0.778. The molecule has 14 heavy (non-hydrogen) atoms. The van der Waals surface area contributed by atoms with Gasteiger partial charge in [0.25, 0.3) is 0 Å². The van der Waals surface area contributed by atoms with Gasteiger partial charge in [-0.05, 0) is 42.6 Å². The summed E-state index contributed by atoms with van der Waals surface area (Å²) in [4.78, 5) is 0. The van der Waals surface area contributed by atoms with Crippen LogP contribution in [0.2, 0.25) is 0 Å². The summed E-state index contributed by atoms with van der Waals surface area (Å²) in [6.07, 6.45) is 0. The summed E-state index contributed by atoms with van der Waals surface area (Å²) in [5.41, 5.74) is 8.11. The highest BCUT2D eigenvalue weighted by Crippen LogP contribution is 2.36. The lowest BCUT2D eigenvalue weighted by molar-refractivity contribution is 0.174. The maximum atomic E-state index is 5.65. The number of hydrogen-bond donors (Lipinski definition) is 1. The number of aryl methyl sites for hydroxylation is 1. The molecule has 0 fully saturated rings. The number of benzene rings is 1. The Morgan fingerprint density at radius 1 is 1.36 bits per heavy atom. The van der Waals surface area contributed by atoms with E-state index in [1.165, 1.54) is 11.1 Å². The van der Waals surface area contributed by atoms with Gasteiger partial charge in [-0.2, -0.15) is 0 Å². The third kappa shape index (κ3) is 1.44. The Kier molecular flexibility index (Phi) is 2.33. The van der Waals surface area contributed by atoms with Gasteiger partial charge >= 0.3 is 0 Å². The highest BCUT2D eigenvalue weighted by molar-refractivity contribution is 5.49. The molecule has 1 aromatic carbocycles. The third-order valence-corrected chi connectivity index (χ3v) is 2.65. The van der Waals surface area contributed by atoms with Crippen LogP contribution >= 0.6 is 0 Å². The first-order valence-corrected chi connectivity index (χ1v) is 4.82. The zero-order chi connectivity index (χ0) is 10.1. The predicted octanol–water partition coefficient (Wildman–Crippen LogP) is 1.79. The van der Waals surface area contributed by atoms with E-state index in [-0.39, 0.29) is 0 Å². The Labute approximate surface area is 83.8 Å². The molecule has 0 aliphatic carbocycles. The van der Waals surface area contributed by atoms with E-state index in [0.29, 0.717) is 19.3 Å². The van der Waals surface area contributed by atoms with Gasteiger partial charge in [-0.25, -0.2) is 0 Å².